The summed E-state index contributed by atoms with van der Waals surface area (Å²) >= 11 is 0. The quantitative estimate of drug-likeness (QED) is 0.924. The summed E-state index contributed by atoms with van der Waals surface area (Å²) in [5.41, 5.74) is 0.707. The van der Waals surface area contributed by atoms with Crippen LogP contribution in [0.5, 0.6) is 0 Å². The Labute approximate surface area is 126 Å². The molecule has 1 aliphatic heterocycles. The summed E-state index contributed by atoms with van der Waals surface area (Å²) in [6, 6.07) is 7.23. The normalized spacial score (nSPS) is 18.0. The Morgan fingerprint density at radius 3 is 2.43 bits per heavy atom. The smallest absolute Gasteiger partial charge is 0.225 e. The van der Waals surface area contributed by atoms with Gasteiger partial charge in [-0.2, -0.15) is 0 Å². The van der Waals surface area contributed by atoms with Gasteiger partial charge < -0.3 is 10.2 Å². The number of carbonyl (C=O) groups excluding carboxylic acids is 1. The van der Waals surface area contributed by atoms with E-state index in [9.17, 15) is 9.18 Å². The van der Waals surface area contributed by atoms with Crippen molar-refractivity contribution in [3.05, 3.63) is 35.6 Å². The van der Waals surface area contributed by atoms with Crippen LogP contribution in [-0.4, -0.2) is 29.9 Å². The molecule has 4 heteroatoms. The lowest BCUT2D eigenvalue weighted by Gasteiger charge is -2.35. The Morgan fingerprint density at radius 1 is 1.24 bits per heavy atom. The van der Waals surface area contributed by atoms with E-state index in [1.807, 2.05) is 37.8 Å². The molecule has 1 saturated heterocycles. The van der Waals surface area contributed by atoms with Crippen molar-refractivity contribution in [3.63, 3.8) is 0 Å². The van der Waals surface area contributed by atoms with Gasteiger partial charge in [0, 0.05) is 36.7 Å². The second kappa shape index (κ2) is 7.03. The van der Waals surface area contributed by atoms with Gasteiger partial charge in [-0.05, 0) is 25.8 Å². The fourth-order valence-electron chi connectivity index (χ4n) is 2.90. The number of carbonyl (C=O) groups is 1. The average molecular weight is 292 g/mol. The number of nitrogens with one attached hydrogen (secondary N) is 1. The van der Waals surface area contributed by atoms with Crippen molar-refractivity contribution in [1.29, 1.82) is 0 Å². The molecule has 3 nitrogen and oxygen atoms in total. The molecule has 1 N–H and O–H groups in total. The third kappa shape index (κ3) is 4.03. The van der Waals surface area contributed by atoms with Crippen LogP contribution in [-0.2, 0) is 4.79 Å². The maximum Gasteiger partial charge on any atom is 0.225 e. The van der Waals surface area contributed by atoms with Crippen LogP contribution < -0.4 is 5.32 Å². The highest BCUT2D eigenvalue weighted by Gasteiger charge is 2.25. The molecule has 1 unspecified atom stereocenters. The number of hydrogen-bond donors (Lipinski definition) is 1. The third-order valence-electron chi connectivity index (χ3n) is 4.16. The summed E-state index contributed by atoms with van der Waals surface area (Å²) < 4.78 is 13.8. The summed E-state index contributed by atoms with van der Waals surface area (Å²) in [6.45, 7) is 7.45. The molecule has 1 amide bonds. The molecule has 1 fully saturated rings. The minimum absolute atomic E-state index is 0.0106. The van der Waals surface area contributed by atoms with E-state index in [0.717, 1.165) is 25.9 Å². The first-order valence-corrected chi connectivity index (χ1v) is 7.78. The monoisotopic (exact) mass is 292 g/mol. The third-order valence-corrected chi connectivity index (χ3v) is 4.16. The molecule has 1 aromatic rings. The maximum absolute atomic E-state index is 13.8. The summed E-state index contributed by atoms with van der Waals surface area (Å²) in [5, 5.41) is 3.49. The molecule has 1 aromatic carbocycles. The van der Waals surface area contributed by atoms with Gasteiger partial charge in [0.05, 0.1) is 0 Å². The predicted octanol–water partition coefficient (Wildman–Crippen LogP) is 3.12. The topological polar surface area (TPSA) is 32.3 Å². The molecule has 0 spiro atoms. The van der Waals surface area contributed by atoms with Crippen LogP contribution in [0.25, 0.3) is 0 Å². The Balaban J connectivity index is 1.86. The lowest BCUT2D eigenvalue weighted by atomic mass is 10.0. The summed E-state index contributed by atoms with van der Waals surface area (Å²) in [6.07, 6.45) is 1.86. The number of likely N-dealkylation sites (tertiary alicyclic amines) is 1. The minimum Gasteiger partial charge on any atom is -0.342 e. The number of rotatable bonds is 4. The first kappa shape index (κ1) is 16.0. The van der Waals surface area contributed by atoms with Crippen molar-refractivity contribution in [3.8, 4) is 0 Å². The van der Waals surface area contributed by atoms with E-state index in [1.165, 1.54) is 6.07 Å². The van der Waals surface area contributed by atoms with Crippen LogP contribution in [0.3, 0.4) is 0 Å². The van der Waals surface area contributed by atoms with Crippen molar-refractivity contribution < 1.29 is 9.18 Å². The molecule has 0 aromatic heterocycles. The molecule has 1 heterocycles. The van der Waals surface area contributed by atoms with Crippen LogP contribution in [0.2, 0.25) is 0 Å². The lowest BCUT2D eigenvalue weighted by Crippen LogP contribution is -2.46. The van der Waals surface area contributed by atoms with Crippen LogP contribution in [0.15, 0.2) is 24.3 Å². The number of piperidine rings is 1. The van der Waals surface area contributed by atoms with Gasteiger partial charge in [0.1, 0.15) is 5.82 Å². The van der Waals surface area contributed by atoms with Gasteiger partial charge in [0.15, 0.2) is 0 Å². The van der Waals surface area contributed by atoms with E-state index in [1.54, 1.807) is 6.07 Å². The summed E-state index contributed by atoms with van der Waals surface area (Å²) in [5.74, 6) is 0.132. The van der Waals surface area contributed by atoms with Crippen LogP contribution in [0.1, 0.15) is 45.2 Å². The number of hydrogen-bond acceptors (Lipinski definition) is 2. The van der Waals surface area contributed by atoms with Crippen LogP contribution >= 0.6 is 0 Å². The SMILES string of the molecule is CC(C)C(=O)N1CCC(NC(C)c2ccccc2F)CC1. The second-order valence-electron chi connectivity index (χ2n) is 6.16. The summed E-state index contributed by atoms with van der Waals surface area (Å²) in [4.78, 5) is 13.9. The van der Waals surface area contributed by atoms with E-state index in [4.69, 9.17) is 0 Å². The number of amides is 1. The Hall–Kier alpha value is -1.42. The highest BCUT2D eigenvalue weighted by atomic mass is 19.1. The Kier molecular flexibility index (Phi) is 5.34. The Morgan fingerprint density at radius 2 is 1.86 bits per heavy atom. The molecule has 21 heavy (non-hydrogen) atoms. The molecule has 116 valence electrons. The van der Waals surface area contributed by atoms with Crippen LogP contribution in [0.4, 0.5) is 4.39 Å². The molecule has 0 bridgehead atoms. The zero-order valence-corrected chi connectivity index (χ0v) is 13.1. The molecule has 1 atom stereocenters. The fraction of sp³-hybridized carbons (Fsp3) is 0.588. The van der Waals surface area contributed by atoms with E-state index < -0.39 is 0 Å². The van der Waals surface area contributed by atoms with E-state index in [-0.39, 0.29) is 23.7 Å². The number of benzene rings is 1. The maximum atomic E-state index is 13.8. The van der Waals surface area contributed by atoms with Gasteiger partial charge in [0.25, 0.3) is 0 Å². The Bertz CT molecular complexity index is 481. The number of nitrogens with zero attached hydrogens (tertiary/aromatic N) is 1. The van der Waals surface area contributed by atoms with Gasteiger partial charge >= 0.3 is 0 Å². The first-order valence-electron chi connectivity index (χ1n) is 7.78. The van der Waals surface area contributed by atoms with Gasteiger partial charge in [-0.1, -0.05) is 32.0 Å². The molecule has 2 rings (SSSR count). The molecular weight excluding hydrogens is 267 g/mol. The van der Waals surface area contributed by atoms with Crippen LogP contribution in [0, 0.1) is 11.7 Å². The van der Waals surface area contributed by atoms with Gasteiger partial charge in [-0.25, -0.2) is 4.39 Å². The van der Waals surface area contributed by atoms with E-state index in [2.05, 4.69) is 5.32 Å². The highest BCUT2D eigenvalue weighted by molar-refractivity contribution is 5.78. The lowest BCUT2D eigenvalue weighted by molar-refractivity contribution is -0.135. The van der Waals surface area contributed by atoms with Crippen molar-refractivity contribution in [2.24, 2.45) is 5.92 Å². The molecule has 0 radical (unpaired) electrons. The van der Waals surface area contributed by atoms with Crippen molar-refractivity contribution in [2.45, 2.75) is 45.7 Å². The number of halogens is 1. The molecule has 1 aliphatic rings. The molecule has 0 aliphatic carbocycles. The van der Waals surface area contributed by atoms with E-state index in [0.29, 0.717) is 11.6 Å². The van der Waals surface area contributed by atoms with Gasteiger partial charge in [-0.3, -0.25) is 4.79 Å². The minimum atomic E-state index is -0.162. The first-order chi connectivity index (χ1) is 9.99. The molecular formula is C17H25FN2O. The zero-order valence-electron chi connectivity index (χ0n) is 13.1. The standard InChI is InChI=1S/C17H25FN2O/c1-12(2)17(21)20-10-8-14(9-11-20)19-13(3)15-6-4-5-7-16(15)18/h4-7,12-14,19H,8-11H2,1-3H3. The van der Waals surface area contributed by atoms with Crippen molar-refractivity contribution in [2.75, 3.05) is 13.1 Å². The van der Waals surface area contributed by atoms with Crippen molar-refractivity contribution in [1.82, 2.24) is 10.2 Å². The molecule has 0 saturated carbocycles. The average Bonchev–Trinajstić information content (AvgIpc) is 2.47. The van der Waals surface area contributed by atoms with Crippen molar-refractivity contribution >= 4 is 5.91 Å². The highest BCUT2D eigenvalue weighted by Crippen LogP contribution is 2.20. The second-order valence-corrected chi connectivity index (χ2v) is 6.16. The largest absolute Gasteiger partial charge is 0.342 e. The zero-order chi connectivity index (χ0) is 15.4. The summed E-state index contributed by atoms with van der Waals surface area (Å²) in [7, 11) is 0. The van der Waals surface area contributed by atoms with E-state index >= 15 is 0 Å². The predicted molar refractivity (Wildman–Crippen MR) is 82.4 cm³/mol. The van der Waals surface area contributed by atoms with Gasteiger partial charge in [0.2, 0.25) is 5.91 Å². The van der Waals surface area contributed by atoms with Gasteiger partial charge in [-0.15, -0.1) is 0 Å². The fourth-order valence-corrected chi connectivity index (χ4v) is 2.90.